The van der Waals surface area contributed by atoms with Gasteiger partial charge in [0.15, 0.2) is 5.16 Å². The molecule has 130 valence electrons. The van der Waals surface area contributed by atoms with Crippen molar-refractivity contribution in [1.82, 2.24) is 14.9 Å². The van der Waals surface area contributed by atoms with Crippen LogP contribution >= 0.6 is 23.1 Å². The highest BCUT2D eigenvalue weighted by Crippen LogP contribution is 2.25. The van der Waals surface area contributed by atoms with Crippen molar-refractivity contribution in [1.29, 1.82) is 0 Å². The molecule has 0 aliphatic rings. The van der Waals surface area contributed by atoms with Crippen LogP contribution in [0.3, 0.4) is 0 Å². The highest BCUT2D eigenvalue weighted by molar-refractivity contribution is 8.00. The van der Waals surface area contributed by atoms with E-state index in [1.807, 2.05) is 59.5 Å². The number of imidazole rings is 1. The van der Waals surface area contributed by atoms with Crippen LogP contribution in [-0.2, 0) is 11.3 Å². The van der Waals surface area contributed by atoms with Crippen LogP contribution in [0, 0.1) is 0 Å². The molecule has 0 saturated carbocycles. The van der Waals surface area contributed by atoms with Crippen LogP contribution in [0.1, 0.15) is 11.8 Å². The predicted molar refractivity (Wildman–Crippen MR) is 102 cm³/mol. The number of thioether (sulfide) groups is 1. The first-order chi connectivity index (χ1) is 12.2. The van der Waals surface area contributed by atoms with Gasteiger partial charge in [0.2, 0.25) is 5.91 Å². The van der Waals surface area contributed by atoms with Gasteiger partial charge >= 0.3 is 0 Å². The van der Waals surface area contributed by atoms with Gasteiger partial charge in [0.25, 0.3) is 0 Å². The summed E-state index contributed by atoms with van der Waals surface area (Å²) in [5.74, 6) is 0.807. The van der Waals surface area contributed by atoms with Crippen LogP contribution in [-0.4, -0.2) is 27.8 Å². The molecule has 0 unspecified atom stereocenters. The topological polar surface area (TPSA) is 56.2 Å². The molecule has 0 spiro atoms. The van der Waals surface area contributed by atoms with Gasteiger partial charge in [-0.1, -0.05) is 17.8 Å². The van der Waals surface area contributed by atoms with E-state index in [1.54, 1.807) is 24.6 Å². The molecule has 1 atom stereocenters. The smallest absolute Gasteiger partial charge is 0.233 e. The predicted octanol–water partition coefficient (Wildman–Crippen LogP) is 3.74. The van der Waals surface area contributed by atoms with E-state index in [0.717, 1.165) is 21.5 Å². The normalized spacial score (nSPS) is 11.9. The lowest BCUT2D eigenvalue weighted by Crippen LogP contribution is -2.30. The third kappa shape index (κ3) is 4.43. The third-order valence-electron chi connectivity index (χ3n) is 3.63. The molecule has 1 N–H and O–H groups in total. The van der Waals surface area contributed by atoms with E-state index in [4.69, 9.17) is 4.74 Å². The van der Waals surface area contributed by atoms with Crippen molar-refractivity contribution in [3.8, 4) is 11.4 Å². The molecule has 0 aliphatic carbocycles. The Bertz CT molecular complexity index is 813. The molecule has 5 nitrogen and oxygen atoms in total. The second-order valence-corrected chi connectivity index (χ2v) is 7.68. The zero-order chi connectivity index (χ0) is 17.6. The van der Waals surface area contributed by atoms with Gasteiger partial charge in [0.05, 0.1) is 18.9 Å². The summed E-state index contributed by atoms with van der Waals surface area (Å²) in [5, 5.41) is 5.52. The van der Waals surface area contributed by atoms with E-state index in [2.05, 4.69) is 10.3 Å². The van der Waals surface area contributed by atoms with Gasteiger partial charge in [0, 0.05) is 23.0 Å². The van der Waals surface area contributed by atoms with Gasteiger partial charge in [-0.3, -0.25) is 9.36 Å². The summed E-state index contributed by atoms with van der Waals surface area (Å²) in [6.45, 7) is 2.45. The third-order valence-corrected chi connectivity index (χ3v) is 5.58. The average molecular weight is 374 g/mol. The molecule has 3 aromatic rings. The average Bonchev–Trinajstić information content (AvgIpc) is 3.31. The molecule has 1 aromatic carbocycles. The number of rotatable bonds is 7. The fourth-order valence-electron chi connectivity index (χ4n) is 2.26. The van der Waals surface area contributed by atoms with Crippen molar-refractivity contribution in [2.24, 2.45) is 0 Å². The molecule has 25 heavy (non-hydrogen) atoms. The summed E-state index contributed by atoms with van der Waals surface area (Å²) < 4.78 is 7.15. The molecule has 7 heteroatoms. The zero-order valence-electron chi connectivity index (χ0n) is 14.0. The van der Waals surface area contributed by atoms with Gasteiger partial charge in [0.1, 0.15) is 5.75 Å². The number of ether oxygens (including phenoxy) is 1. The maximum absolute atomic E-state index is 12.3. The van der Waals surface area contributed by atoms with Crippen LogP contribution in [0.4, 0.5) is 0 Å². The van der Waals surface area contributed by atoms with Crippen molar-refractivity contribution in [3.05, 3.63) is 59.0 Å². The number of nitrogens with zero attached hydrogens (tertiary/aromatic N) is 2. The van der Waals surface area contributed by atoms with Crippen molar-refractivity contribution in [2.45, 2.75) is 23.9 Å². The van der Waals surface area contributed by atoms with E-state index in [-0.39, 0.29) is 11.2 Å². The number of hydrogen-bond donors (Lipinski definition) is 1. The number of hydrogen-bond acceptors (Lipinski definition) is 5. The number of amides is 1. The van der Waals surface area contributed by atoms with Crippen LogP contribution < -0.4 is 10.1 Å². The van der Waals surface area contributed by atoms with Crippen LogP contribution in [0.15, 0.2) is 59.3 Å². The highest BCUT2D eigenvalue weighted by Gasteiger charge is 2.17. The minimum Gasteiger partial charge on any atom is -0.497 e. The summed E-state index contributed by atoms with van der Waals surface area (Å²) in [6.07, 6.45) is 3.63. The number of aromatic nitrogens is 2. The lowest BCUT2D eigenvalue weighted by atomic mass is 10.3. The number of nitrogens with one attached hydrogen (secondary N) is 1. The molecular formula is C18H19N3O2S2. The summed E-state index contributed by atoms with van der Waals surface area (Å²) in [4.78, 5) is 17.8. The van der Waals surface area contributed by atoms with Crippen LogP contribution in [0.2, 0.25) is 0 Å². The Morgan fingerprint density at radius 1 is 1.36 bits per heavy atom. The van der Waals surface area contributed by atoms with E-state index in [1.165, 1.54) is 11.8 Å². The SMILES string of the molecule is COc1ccc(-n2ccnc2S[C@@H](C)C(=O)NCc2cccs2)cc1. The molecule has 0 saturated heterocycles. The Morgan fingerprint density at radius 2 is 2.16 bits per heavy atom. The second-order valence-electron chi connectivity index (χ2n) is 5.34. The minimum absolute atomic E-state index is 0.00248. The lowest BCUT2D eigenvalue weighted by Gasteiger charge is -2.13. The first-order valence-electron chi connectivity index (χ1n) is 7.82. The first kappa shape index (κ1) is 17.6. The molecule has 3 rings (SSSR count). The second kappa shape index (κ2) is 8.22. The first-order valence-corrected chi connectivity index (χ1v) is 9.58. The quantitative estimate of drug-likeness (QED) is 0.641. The highest BCUT2D eigenvalue weighted by atomic mass is 32.2. The molecule has 0 fully saturated rings. The number of benzene rings is 1. The monoisotopic (exact) mass is 373 g/mol. The number of methoxy groups -OCH3 is 1. The Morgan fingerprint density at radius 3 is 2.84 bits per heavy atom. The number of thiophene rings is 1. The number of carbonyl (C=O) groups excluding carboxylic acids is 1. The molecule has 2 heterocycles. The minimum atomic E-state index is -0.237. The van der Waals surface area contributed by atoms with Gasteiger partial charge in [-0.05, 0) is 42.6 Å². The molecule has 0 aliphatic heterocycles. The van der Waals surface area contributed by atoms with Gasteiger partial charge in [-0.15, -0.1) is 11.3 Å². The summed E-state index contributed by atoms with van der Waals surface area (Å²) in [5.41, 5.74) is 0.979. The van der Waals surface area contributed by atoms with Crippen molar-refractivity contribution < 1.29 is 9.53 Å². The summed E-state index contributed by atoms with van der Waals surface area (Å²) >= 11 is 3.08. The molecule has 2 aromatic heterocycles. The summed E-state index contributed by atoms with van der Waals surface area (Å²) in [7, 11) is 1.64. The molecule has 0 bridgehead atoms. The Labute approximate surface area is 155 Å². The van der Waals surface area contributed by atoms with Crippen LogP contribution in [0.5, 0.6) is 5.75 Å². The summed E-state index contributed by atoms with van der Waals surface area (Å²) in [6, 6.07) is 11.7. The van der Waals surface area contributed by atoms with Crippen LogP contribution in [0.25, 0.3) is 5.69 Å². The van der Waals surface area contributed by atoms with Crippen molar-refractivity contribution >= 4 is 29.0 Å². The van der Waals surface area contributed by atoms with Crippen molar-refractivity contribution in [2.75, 3.05) is 7.11 Å². The lowest BCUT2D eigenvalue weighted by molar-refractivity contribution is -0.120. The Hall–Kier alpha value is -2.25. The largest absolute Gasteiger partial charge is 0.497 e. The van der Waals surface area contributed by atoms with E-state index < -0.39 is 0 Å². The Kier molecular flexibility index (Phi) is 5.78. The molecule has 1 amide bonds. The maximum Gasteiger partial charge on any atom is 0.233 e. The Balaban J connectivity index is 1.64. The van der Waals surface area contributed by atoms with Crippen molar-refractivity contribution in [3.63, 3.8) is 0 Å². The van der Waals surface area contributed by atoms with Gasteiger partial charge < -0.3 is 10.1 Å². The zero-order valence-corrected chi connectivity index (χ0v) is 15.6. The van der Waals surface area contributed by atoms with Gasteiger partial charge in [-0.25, -0.2) is 4.98 Å². The number of carbonyl (C=O) groups is 1. The van der Waals surface area contributed by atoms with E-state index >= 15 is 0 Å². The van der Waals surface area contributed by atoms with Gasteiger partial charge in [-0.2, -0.15) is 0 Å². The van der Waals surface area contributed by atoms with E-state index in [9.17, 15) is 4.79 Å². The standard InChI is InChI=1S/C18H19N3O2S2/c1-13(17(22)20-12-16-4-3-11-24-16)25-18-19-9-10-21(18)14-5-7-15(23-2)8-6-14/h3-11,13H,12H2,1-2H3,(H,20,22)/t13-/m0/s1. The van der Waals surface area contributed by atoms with E-state index in [0.29, 0.717) is 6.54 Å². The fraction of sp³-hybridized carbons (Fsp3) is 0.222. The molecular weight excluding hydrogens is 354 g/mol. The maximum atomic E-state index is 12.3. The fourth-order valence-corrected chi connectivity index (χ4v) is 3.81. The molecule has 0 radical (unpaired) electrons.